The zero-order chi connectivity index (χ0) is 13.6. The molecule has 0 fully saturated rings. The lowest BCUT2D eigenvalue weighted by Crippen LogP contribution is -2.32. The van der Waals surface area contributed by atoms with Crippen LogP contribution in [0.25, 0.3) is 0 Å². The maximum Gasteiger partial charge on any atom is 0.309 e. The van der Waals surface area contributed by atoms with E-state index in [1.54, 1.807) is 20.0 Å². The number of rotatable bonds is 7. The van der Waals surface area contributed by atoms with Gasteiger partial charge in [-0.05, 0) is 45.5 Å². The van der Waals surface area contributed by atoms with Crippen LogP contribution in [0.5, 0.6) is 0 Å². The molecule has 1 rings (SSSR count). The fourth-order valence-electron chi connectivity index (χ4n) is 1.61. The molecule has 100 valence electrons. The maximum atomic E-state index is 11.0. The second kappa shape index (κ2) is 6.50. The minimum absolute atomic E-state index is 0.642. The smallest absolute Gasteiger partial charge is 0.309 e. The Balaban J connectivity index is 2.51. The van der Waals surface area contributed by atoms with Crippen LogP contribution in [-0.2, 0) is 11.3 Å². The number of carboxylic acid groups (broad SMARTS) is 1. The minimum Gasteiger partial charge on any atom is -0.481 e. The summed E-state index contributed by atoms with van der Waals surface area (Å²) in [6, 6.07) is 5.86. The highest BCUT2D eigenvalue weighted by atomic mass is 16.4. The highest BCUT2D eigenvalue weighted by Gasteiger charge is 2.27. The summed E-state index contributed by atoms with van der Waals surface area (Å²) in [6.07, 6.45) is 2.42. The average molecular weight is 250 g/mol. The van der Waals surface area contributed by atoms with Gasteiger partial charge in [0.2, 0.25) is 0 Å². The number of nitrogens with zero attached hydrogens (tertiary/aromatic N) is 2. The summed E-state index contributed by atoms with van der Waals surface area (Å²) in [5, 5.41) is 9.09. The van der Waals surface area contributed by atoms with Crippen LogP contribution in [-0.4, -0.2) is 34.0 Å². The molecular formula is C14H22N2O2. The average Bonchev–Trinajstić information content (AvgIpc) is 2.35. The number of aliphatic carboxylic acids is 1. The van der Waals surface area contributed by atoms with Crippen molar-refractivity contribution in [3.05, 3.63) is 30.1 Å². The predicted molar refractivity (Wildman–Crippen MR) is 71.2 cm³/mol. The van der Waals surface area contributed by atoms with Crippen LogP contribution in [0, 0.1) is 5.41 Å². The molecule has 18 heavy (non-hydrogen) atoms. The molecular weight excluding hydrogens is 228 g/mol. The molecule has 0 amide bonds. The Morgan fingerprint density at radius 3 is 2.67 bits per heavy atom. The van der Waals surface area contributed by atoms with Crippen molar-refractivity contribution >= 4 is 5.97 Å². The van der Waals surface area contributed by atoms with Gasteiger partial charge in [0.05, 0.1) is 11.1 Å². The van der Waals surface area contributed by atoms with Gasteiger partial charge in [-0.1, -0.05) is 13.0 Å². The molecule has 4 heteroatoms. The second-order valence-electron chi connectivity index (χ2n) is 5.13. The first-order valence-corrected chi connectivity index (χ1v) is 6.31. The Kier molecular flexibility index (Phi) is 5.28. The number of hydrogen-bond acceptors (Lipinski definition) is 3. The van der Waals surface area contributed by atoms with Gasteiger partial charge in [-0.3, -0.25) is 14.7 Å². The fraction of sp³-hybridized carbons (Fsp3) is 0.571. The summed E-state index contributed by atoms with van der Waals surface area (Å²) >= 11 is 0. The molecule has 1 N–H and O–H groups in total. The number of pyridine rings is 1. The second-order valence-corrected chi connectivity index (χ2v) is 5.13. The van der Waals surface area contributed by atoms with Gasteiger partial charge in [-0.25, -0.2) is 0 Å². The normalized spacial score (nSPS) is 11.8. The van der Waals surface area contributed by atoms with E-state index in [9.17, 15) is 4.79 Å². The van der Waals surface area contributed by atoms with E-state index < -0.39 is 11.4 Å². The summed E-state index contributed by atoms with van der Waals surface area (Å²) in [7, 11) is 0. The molecule has 0 spiro atoms. The fourth-order valence-corrected chi connectivity index (χ4v) is 1.61. The number of carbonyl (C=O) groups is 1. The van der Waals surface area contributed by atoms with Crippen molar-refractivity contribution in [1.82, 2.24) is 9.88 Å². The molecule has 0 aliphatic rings. The summed E-state index contributed by atoms with van der Waals surface area (Å²) in [5.74, 6) is -0.739. The number of hydrogen-bond donors (Lipinski definition) is 1. The third-order valence-electron chi connectivity index (χ3n) is 3.19. The molecule has 0 saturated heterocycles. The zero-order valence-electron chi connectivity index (χ0n) is 11.4. The molecule has 0 aliphatic heterocycles. The Hall–Kier alpha value is -1.42. The number of aromatic nitrogens is 1. The lowest BCUT2D eigenvalue weighted by molar-refractivity contribution is -0.147. The molecule has 0 unspecified atom stereocenters. The third-order valence-corrected chi connectivity index (χ3v) is 3.19. The first kappa shape index (κ1) is 14.6. The molecule has 1 aromatic rings. The Morgan fingerprint density at radius 1 is 1.44 bits per heavy atom. The first-order valence-electron chi connectivity index (χ1n) is 6.31. The molecule has 0 bridgehead atoms. The molecule has 4 nitrogen and oxygen atoms in total. The van der Waals surface area contributed by atoms with Gasteiger partial charge in [0.15, 0.2) is 0 Å². The summed E-state index contributed by atoms with van der Waals surface area (Å²) in [5.41, 5.74) is 0.352. The van der Waals surface area contributed by atoms with Crippen molar-refractivity contribution in [2.75, 3.05) is 13.1 Å². The van der Waals surface area contributed by atoms with E-state index in [4.69, 9.17) is 5.11 Å². The van der Waals surface area contributed by atoms with E-state index >= 15 is 0 Å². The Labute approximate surface area is 109 Å². The highest BCUT2D eigenvalue weighted by molar-refractivity contribution is 5.73. The largest absolute Gasteiger partial charge is 0.481 e. The minimum atomic E-state index is -0.739. The molecule has 0 aliphatic carbocycles. The van der Waals surface area contributed by atoms with Crippen LogP contribution < -0.4 is 0 Å². The van der Waals surface area contributed by atoms with E-state index in [1.165, 1.54) is 0 Å². The SMILES string of the molecule is CCN(CCC(C)(C)C(=O)O)Cc1ccccn1. The van der Waals surface area contributed by atoms with Crippen LogP contribution in [0.3, 0.4) is 0 Å². The van der Waals surface area contributed by atoms with Crippen molar-refractivity contribution in [3.63, 3.8) is 0 Å². The zero-order valence-corrected chi connectivity index (χ0v) is 11.4. The molecule has 1 heterocycles. The van der Waals surface area contributed by atoms with Gasteiger partial charge in [0, 0.05) is 12.7 Å². The number of carboxylic acids is 1. The van der Waals surface area contributed by atoms with Crippen molar-refractivity contribution in [3.8, 4) is 0 Å². The topological polar surface area (TPSA) is 53.4 Å². The van der Waals surface area contributed by atoms with E-state index in [2.05, 4.69) is 16.8 Å². The van der Waals surface area contributed by atoms with Gasteiger partial charge < -0.3 is 5.11 Å². The van der Waals surface area contributed by atoms with Crippen molar-refractivity contribution in [2.24, 2.45) is 5.41 Å². The van der Waals surface area contributed by atoms with Crippen LogP contribution in [0.15, 0.2) is 24.4 Å². The Morgan fingerprint density at radius 2 is 2.17 bits per heavy atom. The molecule has 0 saturated carbocycles. The molecule has 0 aromatic carbocycles. The summed E-state index contributed by atoms with van der Waals surface area (Å²) < 4.78 is 0. The molecule has 1 aromatic heterocycles. The van der Waals surface area contributed by atoms with Crippen molar-refractivity contribution < 1.29 is 9.90 Å². The van der Waals surface area contributed by atoms with E-state index in [-0.39, 0.29) is 0 Å². The lowest BCUT2D eigenvalue weighted by Gasteiger charge is -2.25. The van der Waals surface area contributed by atoms with Gasteiger partial charge >= 0.3 is 5.97 Å². The predicted octanol–water partition coefficient (Wildman–Crippen LogP) is 2.40. The summed E-state index contributed by atoms with van der Waals surface area (Å²) in [4.78, 5) is 17.6. The highest BCUT2D eigenvalue weighted by Crippen LogP contribution is 2.21. The van der Waals surface area contributed by atoms with Crippen LogP contribution in [0.1, 0.15) is 32.9 Å². The summed E-state index contributed by atoms with van der Waals surface area (Å²) in [6.45, 7) is 8.05. The van der Waals surface area contributed by atoms with Gasteiger partial charge in [0.1, 0.15) is 0 Å². The Bertz CT molecular complexity index is 377. The molecule has 0 radical (unpaired) electrons. The standard InChI is InChI=1S/C14H22N2O2/c1-4-16(10-8-14(2,3)13(17)18)11-12-7-5-6-9-15-12/h5-7,9H,4,8,10-11H2,1-3H3,(H,17,18). The first-order chi connectivity index (χ1) is 8.45. The van der Waals surface area contributed by atoms with Gasteiger partial charge in [-0.15, -0.1) is 0 Å². The van der Waals surface area contributed by atoms with E-state index in [0.717, 1.165) is 25.3 Å². The van der Waals surface area contributed by atoms with Crippen molar-refractivity contribution in [1.29, 1.82) is 0 Å². The van der Waals surface area contributed by atoms with E-state index in [1.807, 2.05) is 18.2 Å². The van der Waals surface area contributed by atoms with Crippen LogP contribution >= 0.6 is 0 Å². The monoisotopic (exact) mass is 250 g/mol. The van der Waals surface area contributed by atoms with Gasteiger partial charge in [-0.2, -0.15) is 0 Å². The molecule has 0 atom stereocenters. The maximum absolute atomic E-state index is 11.0. The van der Waals surface area contributed by atoms with Crippen molar-refractivity contribution in [2.45, 2.75) is 33.7 Å². The van der Waals surface area contributed by atoms with Crippen LogP contribution in [0.2, 0.25) is 0 Å². The van der Waals surface area contributed by atoms with Gasteiger partial charge in [0.25, 0.3) is 0 Å². The lowest BCUT2D eigenvalue weighted by atomic mass is 9.89. The third kappa shape index (κ3) is 4.45. The quantitative estimate of drug-likeness (QED) is 0.807. The van der Waals surface area contributed by atoms with Crippen LogP contribution in [0.4, 0.5) is 0 Å². The van der Waals surface area contributed by atoms with E-state index in [0.29, 0.717) is 6.42 Å².